The third kappa shape index (κ3) is 6.71. The van der Waals surface area contributed by atoms with Crippen molar-refractivity contribution in [3.05, 3.63) is 12.2 Å². The maximum Gasteiger partial charge on any atom is 0.460 e. The van der Waals surface area contributed by atoms with E-state index >= 15 is 0 Å². The molecule has 35 heteroatoms. The summed E-state index contributed by atoms with van der Waals surface area (Å²) in [5.41, 5.74) is -11.3. The molecule has 0 aliphatic heterocycles. The molecule has 0 aliphatic carbocycles. The quantitative estimate of drug-likeness (QED) is 0.0825. The molecule has 2 nitrogen and oxygen atoms in total. The van der Waals surface area contributed by atoms with Crippen LogP contribution in [0, 0.1) is 0 Å². The minimum absolute atomic E-state index is 0.581. The minimum Gasteiger partial charge on any atom is -0.462 e. The number of ether oxygens (including phenoxy) is 1. The van der Waals surface area contributed by atoms with Gasteiger partial charge in [0.05, 0.1) is 13.0 Å². The Kier molecular flexibility index (Phi) is 13.0. The van der Waals surface area contributed by atoms with E-state index in [0.717, 1.165) is 0 Å². The highest BCUT2D eigenvalue weighted by Crippen LogP contribution is 2.71. The monoisotopic (exact) mass is 932 g/mol. The largest absolute Gasteiger partial charge is 0.462 e. The number of alkyl halides is 33. The smallest absolute Gasteiger partial charge is 0.460 e. The van der Waals surface area contributed by atoms with E-state index in [0.29, 0.717) is 6.92 Å². The van der Waals surface area contributed by atoms with Crippen LogP contribution in [0.1, 0.15) is 13.3 Å². The summed E-state index contributed by atoms with van der Waals surface area (Å²) in [6.07, 6.45) is -21.5. The van der Waals surface area contributed by atoms with Gasteiger partial charge in [-0.3, -0.25) is 0 Å². The predicted molar refractivity (Wildman–Crippen MR) is 111 cm³/mol. The van der Waals surface area contributed by atoms with Crippen LogP contribution >= 0.6 is 0 Å². The van der Waals surface area contributed by atoms with Crippen LogP contribution in [0.15, 0.2) is 12.2 Å². The van der Waals surface area contributed by atoms with Crippen LogP contribution in [0.25, 0.3) is 0 Å². The van der Waals surface area contributed by atoms with E-state index < -0.39 is 120 Å². The lowest BCUT2D eigenvalue weighted by Crippen LogP contribution is -2.82. The first kappa shape index (κ1) is 53.9. The molecule has 0 amide bonds. The van der Waals surface area contributed by atoms with Crippen molar-refractivity contribution < 1.29 is 154 Å². The van der Waals surface area contributed by atoms with Gasteiger partial charge in [0, 0.05) is 5.57 Å². The van der Waals surface area contributed by atoms with Crippen LogP contribution in [0.3, 0.4) is 0 Å². The number of carbonyl (C=O) groups excluding carboxylic acids is 1. The first-order chi connectivity index (χ1) is 24.1. The lowest BCUT2D eigenvalue weighted by atomic mass is 9.76. The number of carbonyl (C=O) groups is 1. The fourth-order valence-corrected chi connectivity index (χ4v) is 3.52. The molecule has 0 aromatic carbocycles. The minimum atomic E-state index is -10.5. The van der Waals surface area contributed by atoms with Crippen LogP contribution in [-0.4, -0.2) is 108 Å². The Morgan fingerprint density at radius 1 is 0.368 bits per heavy atom. The molecule has 0 spiro atoms. The van der Waals surface area contributed by atoms with Gasteiger partial charge < -0.3 is 4.74 Å². The van der Waals surface area contributed by atoms with Gasteiger partial charge in [-0.15, -0.1) is 0 Å². The van der Waals surface area contributed by atoms with Gasteiger partial charge in [0.25, 0.3) is 0 Å². The van der Waals surface area contributed by atoms with Crippen molar-refractivity contribution in [2.45, 2.75) is 108 Å². The number of rotatable bonds is 17. The second-order valence-corrected chi connectivity index (χ2v) is 10.9. The molecule has 57 heavy (non-hydrogen) atoms. The lowest BCUT2D eigenvalue weighted by Gasteiger charge is -2.49. The Bertz CT molecular complexity index is 1500. The van der Waals surface area contributed by atoms with Crippen LogP contribution in [-0.2, 0) is 9.53 Å². The fraction of sp³-hybridized carbons (Fsp3) is 0.864. The highest BCUT2D eigenvalue weighted by Gasteiger charge is 3.03. The van der Waals surface area contributed by atoms with E-state index in [-0.39, 0.29) is 0 Å². The lowest BCUT2D eigenvalue weighted by molar-refractivity contribution is -0.495. The molecule has 0 bridgehead atoms. The zero-order valence-corrected chi connectivity index (χ0v) is 25.4. The molecule has 0 heterocycles. The van der Waals surface area contributed by atoms with Crippen molar-refractivity contribution in [3.8, 4) is 0 Å². The van der Waals surface area contributed by atoms with E-state index in [1.807, 2.05) is 0 Å². The Labute approximate surface area is 288 Å². The molecule has 0 aliphatic rings. The number of hydrogen-bond acceptors (Lipinski definition) is 2. The van der Waals surface area contributed by atoms with Crippen LogP contribution < -0.4 is 0 Å². The van der Waals surface area contributed by atoms with Crippen molar-refractivity contribution in [1.82, 2.24) is 0 Å². The molecule has 0 radical (unpaired) electrons. The first-order valence-corrected chi connectivity index (χ1v) is 12.6. The SMILES string of the molecule is C=C(C)C(=O)OCCC(F)(F)C(F)(F)C(F)(F)C(F)(F)C(F)(C(F)(F)F)C(F)(F)C(F)(F)C(F)(F)C(F)(F)C(F)(F)C(F)(F)C(F)(F)C(F)(F)C(F)(F)C(F)(F)F. The summed E-state index contributed by atoms with van der Waals surface area (Å²) in [7, 11) is 0. The van der Waals surface area contributed by atoms with E-state index in [4.69, 9.17) is 0 Å². The zero-order valence-electron chi connectivity index (χ0n) is 25.4. The maximum absolute atomic E-state index is 14.7. The molecule has 0 aromatic rings. The third-order valence-corrected chi connectivity index (χ3v) is 7.01. The molecule has 0 aromatic heterocycles. The highest BCUT2D eigenvalue weighted by atomic mass is 19.4. The molecule has 1 unspecified atom stereocenters. The summed E-state index contributed by atoms with van der Waals surface area (Å²) in [5, 5.41) is 0. The third-order valence-electron chi connectivity index (χ3n) is 7.01. The zero-order chi connectivity index (χ0) is 47.3. The van der Waals surface area contributed by atoms with Gasteiger partial charge in [-0.1, -0.05) is 6.58 Å². The van der Waals surface area contributed by atoms with Crippen LogP contribution in [0.4, 0.5) is 145 Å². The van der Waals surface area contributed by atoms with Crippen molar-refractivity contribution in [2.75, 3.05) is 6.61 Å². The summed E-state index contributed by atoms with van der Waals surface area (Å²) in [6.45, 7) is 0.731. The summed E-state index contributed by atoms with van der Waals surface area (Å²) in [4.78, 5) is 11.0. The molecule has 0 N–H and O–H groups in total. The fourth-order valence-electron chi connectivity index (χ4n) is 3.52. The van der Waals surface area contributed by atoms with Gasteiger partial charge in [-0.05, 0) is 6.92 Å². The Morgan fingerprint density at radius 3 is 0.825 bits per heavy atom. The van der Waals surface area contributed by atoms with Crippen molar-refractivity contribution >= 4 is 5.97 Å². The Balaban J connectivity index is 7.95. The summed E-state index contributed by atoms with van der Waals surface area (Å²) >= 11 is 0. The van der Waals surface area contributed by atoms with Crippen LogP contribution in [0.5, 0.6) is 0 Å². The second kappa shape index (κ2) is 13.7. The predicted octanol–water partition coefficient (Wildman–Crippen LogP) is 11.6. The standard InChI is InChI=1S/C22H9F33O2/c1-5(2)6(56)57-4-3-7(23,24)9(26,27)12(32,33)10(28,29)8(25,21(50,51)52)11(30,31)13(34,35)14(36,37)15(38,39)16(40,41)17(42,43)18(44,45)19(46,47)20(48,49)22(53,54)55/h1,3-4H2,2H3. The van der Waals surface area contributed by atoms with Crippen molar-refractivity contribution in [1.29, 1.82) is 0 Å². The molecular weight excluding hydrogens is 923 g/mol. The van der Waals surface area contributed by atoms with E-state index in [2.05, 4.69) is 11.3 Å². The molecule has 1 atom stereocenters. The number of hydrogen-bond donors (Lipinski definition) is 0. The molecule has 340 valence electrons. The second-order valence-electron chi connectivity index (χ2n) is 10.9. The normalized spacial score (nSPS) is 17.4. The van der Waals surface area contributed by atoms with Gasteiger partial charge in [0.2, 0.25) is 0 Å². The topological polar surface area (TPSA) is 26.3 Å². The summed E-state index contributed by atoms with van der Waals surface area (Å²) < 4.78 is 455. The first-order valence-electron chi connectivity index (χ1n) is 12.6. The number of halogens is 33. The Hall–Kier alpha value is -3.10. The average molecular weight is 932 g/mol. The maximum atomic E-state index is 14.7. The summed E-state index contributed by atoms with van der Waals surface area (Å²) in [6, 6.07) is 0. The van der Waals surface area contributed by atoms with Gasteiger partial charge in [-0.2, -0.15) is 140 Å². The van der Waals surface area contributed by atoms with Gasteiger partial charge in [0.15, 0.2) is 0 Å². The van der Waals surface area contributed by atoms with Crippen molar-refractivity contribution in [3.63, 3.8) is 0 Å². The highest BCUT2D eigenvalue weighted by molar-refractivity contribution is 5.86. The van der Waals surface area contributed by atoms with E-state index in [9.17, 15) is 150 Å². The number of esters is 1. The summed E-state index contributed by atoms with van der Waals surface area (Å²) in [5.74, 6) is -128. The molecular formula is C22H9F33O2. The molecule has 0 saturated heterocycles. The van der Waals surface area contributed by atoms with Gasteiger partial charge >= 0.3 is 101 Å². The Morgan fingerprint density at radius 2 is 0.596 bits per heavy atom. The average Bonchev–Trinajstić information content (AvgIpc) is 2.97. The van der Waals surface area contributed by atoms with Crippen LogP contribution in [0.2, 0.25) is 0 Å². The molecule has 0 rings (SSSR count). The van der Waals surface area contributed by atoms with Gasteiger partial charge in [0.1, 0.15) is 0 Å². The van der Waals surface area contributed by atoms with Crippen molar-refractivity contribution in [2.24, 2.45) is 0 Å². The van der Waals surface area contributed by atoms with Gasteiger partial charge in [-0.25, -0.2) is 9.18 Å². The molecule has 0 fully saturated rings. The van der Waals surface area contributed by atoms with E-state index in [1.54, 1.807) is 0 Å². The van der Waals surface area contributed by atoms with E-state index in [1.165, 1.54) is 0 Å². The molecule has 0 saturated carbocycles.